The van der Waals surface area contributed by atoms with Gasteiger partial charge in [-0.1, -0.05) is 24.3 Å². The number of rotatable bonds is 5. The Morgan fingerprint density at radius 3 is 2.56 bits per heavy atom. The summed E-state index contributed by atoms with van der Waals surface area (Å²) in [7, 11) is 1.70. The number of pyridine rings is 1. The van der Waals surface area contributed by atoms with Crippen LogP contribution in [0.1, 0.15) is 11.1 Å². The molecule has 3 nitrogen and oxygen atoms in total. The van der Waals surface area contributed by atoms with E-state index in [1.165, 1.54) is 11.1 Å². The van der Waals surface area contributed by atoms with E-state index in [1.54, 1.807) is 13.3 Å². The number of methoxy groups -OCH3 is 1. The van der Waals surface area contributed by atoms with Crippen LogP contribution in [0.25, 0.3) is 0 Å². The lowest BCUT2D eigenvalue weighted by Gasteiger charge is -2.08. The van der Waals surface area contributed by atoms with E-state index in [2.05, 4.69) is 50.5 Å². The van der Waals surface area contributed by atoms with E-state index in [4.69, 9.17) is 4.74 Å². The smallest absolute Gasteiger partial charge is 0.129 e. The average molecular weight is 307 g/mol. The monoisotopic (exact) mass is 306 g/mol. The quantitative estimate of drug-likeness (QED) is 0.857. The molecule has 0 saturated heterocycles. The fraction of sp³-hybridized carbons (Fsp3) is 0.214. The zero-order valence-electron chi connectivity index (χ0n) is 10.2. The van der Waals surface area contributed by atoms with E-state index in [1.807, 2.05) is 12.1 Å². The normalized spacial score (nSPS) is 10.3. The van der Waals surface area contributed by atoms with Gasteiger partial charge in [-0.2, -0.15) is 0 Å². The molecule has 0 atom stereocenters. The zero-order chi connectivity index (χ0) is 12.8. The Hall–Kier alpha value is -1.39. The molecule has 2 rings (SSSR count). The summed E-state index contributed by atoms with van der Waals surface area (Å²) in [6.45, 7) is 1.43. The van der Waals surface area contributed by atoms with Crippen molar-refractivity contribution in [3.63, 3.8) is 0 Å². The predicted molar refractivity (Wildman–Crippen MR) is 76.4 cm³/mol. The molecular weight excluding hydrogens is 292 g/mol. The lowest BCUT2D eigenvalue weighted by atomic mass is 10.1. The Labute approximate surface area is 115 Å². The Morgan fingerprint density at radius 2 is 1.89 bits per heavy atom. The number of ether oxygens (including phenoxy) is 1. The molecule has 1 aromatic heterocycles. The summed E-state index contributed by atoms with van der Waals surface area (Å²) in [5.74, 6) is 0. The van der Waals surface area contributed by atoms with Crippen molar-refractivity contribution >= 4 is 21.6 Å². The summed E-state index contributed by atoms with van der Waals surface area (Å²) in [6.07, 6.45) is 1.76. The molecular formula is C14H15BrN2O. The van der Waals surface area contributed by atoms with Gasteiger partial charge in [0, 0.05) is 19.9 Å². The van der Waals surface area contributed by atoms with Crippen LogP contribution in [0.3, 0.4) is 0 Å². The summed E-state index contributed by atoms with van der Waals surface area (Å²) in [4.78, 5) is 4.17. The highest BCUT2D eigenvalue weighted by atomic mass is 79.9. The number of hydrogen-bond acceptors (Lipinski definition) is 3. The molecule has 0 aliphatic carbocycles. The minimum atomic E-state index is 0.655. The molecule has 4 heteroatoms. The lowest BCUT2D eigenvalue weighted by molar-refractivity contribution is 0.185. The van der Waals surface area contributed by atoms with Gasteiger partial charge in [-0.25, -0.2) is 4.98 Å². The second-order valence-corrected chi connectivity index (χ2v) is 4.70. The summed E-state index contributed by atoms with van der Waals surface area (Å²) in [5.41, 5.74) is 3.41. The summed E-state index contributed by atoms with van der Waals surface area (Å²) < 4.78 is 5.92. The molecule has 2 aromatic rings. The van der Waals surface area contributed by atoms with Crippen LogP contribution in [-0.4, -0.2) is 12.1 Å². The minimum absolute atomic E-state index is 0.655. The third-order valence-electron chi connectivity index (χ3n) is 2.58. The maximum absolute atomic E-state index is 5.08. The van der Waals surface area contributed by atoms with Crippen LogP contribution in [0.5, 0.6) is 0 Å². The topological polar surface area (TPSA) is 34.1 Å². The molecule has 0 radical (unpaired) electrons. The van der Waals surface area contributed by atoms with Crippen molar-refractivity contribution in [3.05, 3.63) is 58.3 Å². The first-order valence-electron chi connectivity index (χ1n) is 5.71. The molecule has 0 bridgehead atoms. The molecule has 0 fully saturated rings. The molecule has 0 spiro atoms. The molecule has 0 aliphatic heterocycles. The number of aromatic nitrogens is 1. The van der Waals surface area contributed by atoms with E-state index < -0.39 is 0 Å². The molecule has 94 valence electrons. The van der Waals surface area contributed by atoms with Crippen LogP contribution in [0.2, 0.25) is 0 Å². The second-order valence-electron chi connectivity index (χ2n) is 3.94. The minimum Gasteiger partial charge on any atom is -0.380 e. The van der Waals surface area contributed by atoms with Crippen molar-refractivity contribution < 1.29 is 4.74 Å². The SMILES string of the molecule is COCc1ccc(CNc2cccnc2Br)cc1. The van der Waals surface area contributed by atoms with Gasteiger partial charge >= 0.3 is 0 Å². The number of anilines is 1. The van der Waals surface area contributed by atoms with Crippen LogP contribution in [0.4, 0.5) is 5.69 Å². The number of nitrogens with one attached hydrogen (secondary N) is 1. The zero-order valence-corrected chi connectivity index (χ0v) is 11.8. The molecule has 0 saturated carbocycles. The van der Waals surface area contributed by atoms with Gasteiger partial charge in [0.2, 0.25) is 0 Å². The molecule has 0 aliphatic rings. The first kappa shape index (κ1) is 13.1. The first-order valence-corrected chi connectivity index (χ1v) is 6.50. The van der Waals surface area contributed by atoms with Crippen molar-refractivity contribution in [2.24, 2.45) is 0 Å². The first-order chi connectivity index (χ1) is 8.79. The molecule has 1 N–H and O–H groups in total. The van der Waals surface area contributed by atoms with Gasteiger partial charge in [0.1, 0.15) is 4.60 Å². The van der Waals surface area contributed by atoms with Crippen molar-refractivity contribution in [1.29, 1.82) is 0 Å². The van der Waals surface area contributed by atoms with E-state index in [-0.39, 0.29) is 0 Å². The molecule has 0 amide bonds. The van der Waals surface area contributed by atoms with Gasteiger partial charge in [-0.3, -0.25) is 0 Å². The second kappa shape index (κ2) is 6.52. The molecule has 1 heterocycles. The summed E-state index contributed by atoms with van der Waals surface area (Å²) in [6, 6.07) is 12.3. The molecule has 1 aromatic carbocycles. The van der Waals surface area contributed by atoms with Crippen LogP contribution < -0.4 is 5.32 Å². The van der Waals surface area contributed by atoms with Crippen LogP contribution in [-0.2, 0) is 17.9 Å². The van der Waals surface area contributed by atoms with Crippen LogP contribution >= 0.6 is 15.9 Å². The Kier molecular flexibility index (Phi) is 4.73. The van der Waals surface area contributed by atoms with Crippen molar-refractivity contribution in [2.75, 3.05) is 12.4 Å². The van der Waals surface area contributed by atoms with Crippen LogP contribution in [0.15, 0.2) is 47.2 Å². The fourth-order valence-corrected chi connectivity index (χ4v) is 2.03. The van der Waals surface area contributed by atoms with Crippen LogP contribution in [0, 0.1) is 0 Å². The number of nitrogens with zero attached hydrogens (tertiary/aromatic N) is 1. The Morgan fingerprint density at radius 1 is 1.17 bits per heavy atom. The van der Waals surface area contributed by atoms with Gasteiger partial charge in [0.05, 0.1) is 12.3 Å². The molecule has 0 unspecified atom stereocenters. The Balaban J connectivity index is 1.96. The predicted octanol–water partition coefficient (Wildman–Crippen LogP) is 3.60. The van der Waals surface area contributed by atoms with Gasteiger partial charge < -0.3 is 10.1 Å². The molecule has 18 heavy (non-hydrogen) atoms. The highest BCUT2D eigenvalue weighted by molar-refractivity contribution is 9.10. The van der Waals surface area contributed by atoms with E-state index in [9.17, 15) is 0 Å². The highest BCUT2D eigenvalue weighted by Crippen LogP contribution is 2.19. The van der Waals surface area contributed by atoms with Crippen molar-refractivity contribution in [1.82, 2.24) is 4.98 Å². The largest absolute Gasteiger partial charge is 0.380 e. The third kappa shape index (κ3) is 3.55. The summed E-state index contributed by atoms with van der Waals surface area (Å²) in [5, 5.41) is 3.34. The highest BCUT2D eigenvalue weighted by Gasteiger charge is 1.99. The van der Waals surface area contributed by atoms with E-state index in [0.29, 0.717) is 6.61 Å². The standard InChI is InChI=1S/C14H15BrN2O/c1-18-10-12-6-4-11(5-7-12)9-17-13-3-2-8-16-14(13)15/h2-8,17H,9-10H2,1H3. The maximum atomic E-state index is 5.08. The number of benzene rings is 1. The van der Waals surface area contributed by atoms with E-state index in [0.717, 1.165) is 16.8 Å². The summed E-state index contributed by atoms with van der Waals surface area (Å²) >= 11 is 3.41. The van der Waals surface area contributed by atoms with Crippen molar-refractivity contribution in [2.45, 2.75) is 13.2 Å². The van der Waals surface area contributed by atoms with Gasteiger partial charge in [0.25, 0.3) is 0 Å². The Bertz CT molecular complexity index is 499. The number of halogens is 1. The van der Waals surface area contributed by atoms with Gasteiger partial charge in [-0.05, 0) is 39.2 Å². The van der Waals surface area contributed by atoms with E-state index >= 15 is 0 Å². The number of hydrogen-bond donors (Lipinski definition) is 1. The third-order valence-corrected chi connectivity index (χ3v) is 3.21. The fourth-order valence-electron chi connectivity index (χ4n) is 1.64. The lowest BCUT2D eigenvalue weighted by Crippen LogP contribution is -2.00. The average Bonchev–Trinajstić information content (AvgIpc) is 2.40. The van der Waals surface area contributed by atoms with Gasteiger partial charge in [0.15, 0.2) is 0 Å². The van der Waals surface area contributed by atoms with Gasteiger partial charge in [-0.15, -0.1) is 0 Å². The maximum Gasteiger partial charge on any atom is 0.129 e. The van der Waals surface area contributed by atoms with Crippen molar-refractivity contribution in [3.8, 4) is 0 Å².